The normalized spacial score (nSPS) is 10.5. The molecule has 28 heavy (non-hydrogen) atoms. The fraction of sp³-hybridized carbons (Fsp3) is 0.227. The number of nitrogens with zero attached hydrogens (tertiary/aromatic N) is 3. The van der Waals surface area contributed by atoms with Crippen LogP contribution in [0.15, 0.2) is 60.7 Å². The van der Waals surface area contributed by atoms with Crippen molar-refractivity contribution < 1.29 is 13.9 Å². The van der Waals surface area contributed by atoms with Crippen molar-refractivity contribution >= 4 is 5.91 Å². The molecular formula is C22H22FN3O2. The first kappa shape index (κ1) is 19.5. The van der Waals surface area contributed by atoms with Crippen LogP contribution >= 0.6 is 0 Å². The lowest BCUT2D eigenvalue weighted by Crippen LogP contribution is -2.27. The number of halogens is 1. The highest BCUT2D eigenvalue weighted by Gasteiger charge is 2.12. The summed E-state index contributed by atoms with van der Waals surface area (Å²) in [6, 6.07) is 16.5. The first-order valence-corrected chi connectivity index (χ1v) is 9.20. The second kappa shape index (κ2) is 9.08. The maximum atomic E-state index is 13.0. The van der Waals surface area contributed by atoms with Gasteiger partial charge >= 0.3 is 0 Å². The van der Waals surface area contributed by atoms with Gasteiger partial charge in [0.05, 0.1) is 5.69 Å². The molecule has 1 heterocycles. The van der Waals surface area contributed by atoms with Gasteiger partial charge in [0.25, 0.3) is 5.91 Å². The van der Waals surface area contributed by atoms with Gasteiger partial charge in [-0.05, 0) is 48.9 Å². The molecule has 0 aliphatic carbocycles. The molecule has 0 aliphatic heterocycles. The van der Waals surface area contributed by atoms with Gasteiger partial charge in [-0.1, -0.05) is 25.5 Å². The summed E-state index contributed by atoms with van der Waals surface area (Å²) < 4.78 is 18.5. The van der Waals surface area contributed by atoms with Crippen LogP contribution in [-0.2, 0) is 0 Å². The summed E-state index contributed by atoms with van der Waals surface area (Å²) in [7, 11) is 1.81. The average Bonchev–Trinajstić information content (AvgIpc) is 2.73. The zero-order chi connectivity index (χ0) is 19.9. The van der Waals surface area contributed by atoms with Gasteiger partial charge in [0.15, 0.2) is 0 Å². The molecule has 0 atom stereocenters. The first-order chi connectivity index (χ1) is 13.6. The maximum Gasteiger partial charge on any atom is 0.253 e. The standard InChI is InChI=1S/C22H22FN3O2/c1-3-4-14-26(2)22(27)17-7-5-6-16(15-17)20-12-13-21(25-24-20)28-19-10-8-18(23)9-11-19/h5-13,15H,3-4,14H2,1-2H3. The van der Waals surface area contributed by atoms with E-state index in [9.17, 15) is 9.18 Å². The Morgan fingerprint density at radius 2 is 1.86 bits per heavy atom. The smallest absolute Gasteiger partial charge is 0.253 e. The molecule has 0 saturated carbocycles. The van der Waals surface area contributed by atoms with E-state index in [1.807, 2.05) is 25.2 Å². The number of hydrogen-bond donors (Lipinski definition) is 0. The first-order valence-electron chi connectivity index (χ1n) is 9.20. The number of unbranched alkanes of at least 4 members (excludes halogenated alkanes) is 1. The summed E-state index contributed by atoms with van der Waals surface area (Å²) in [5.41, 5.74) is 2.05. The Morgan fingerprint density at radius 1 is 1.07 bits per heavy atom. The van der Waals surface area contributed by atoms with Crippen molar-refractivity contribution in [3.63, 3.8) is 0 Å². The van der Waals surface area contributed by atoms with Crippen molar-refractivity contribution in [1.29, 1.82) is 0 Å². The van der Waals surface area contributed by atoms with E-state index in [1.165, 1.54) is 24.3 Å². The molecule has 0 spiro atoms. The van der Waals surface area contributed by atoms with Crippen LogP contribution in [0.5, 0.6) is 11.6 Å². The van der Waals surface area contributed by atoms with Crippen molar-refractivity contribution in [2.45, 2.75) is 19.8 Å². The quantitative estimate of drug-likeness (QED) is 0.583. The van der Waals surface area contributed by atoms with E-state index in [0.29, 0.717) is 22.9 Å². The third-order valence-corrected chi connectivity index (χ3v) is 4.28. The molecule has 0 aliphatic rings. The molecule has 0 saturated heterocycles. The number of carbonyl (C=O) groups excluding carboxylic acids is 1. The number of aromatic nitrogens is 2. The van der Waals surface area contributed by atoms with Crippen LogP contribution in [0.1, 0.15) is 30.1 Å². The summed E-state index contributed by atoms with van der Waals surface area (Å²) in [6.45, 7) is 2.83. The van der Waals surface area contributed by atoms with Gasteiger partial charge in [-0.2, -0.15) is 0 Å². The van der Waals surface area contributed by atoms with Gasteiger partial charge in [-0.3, -0.25) is 4.79 Å². The third kappa shape index (κ3) is 4.91. The van der Waals surface area contributed by atoms with Gasteiger partial charge in [0, 0.05) is 30.8 Å². The van der Waals surface area contributed by atoms with Gasteiger partial charge in [0.2, 0.25) is 5.88 Å². The Balaban J connectivity index is 1.73. The van der Waals surface area contributed by atoms with Gasteiger partial charge in [-0.25, -0.2) is 4.39 Å². The van der Waals surface area contributed by atoms with Crippen molar-refractivity contribution in [2.75, 3.05) is 13.6 Å². The summed E-state index contributed by atoms with van der Waals surface area (Å²) >= 11 is 0. The number of benzene rings is 2. The lowest BCUT2D eigenvalue weighted by Gasteiger charge is -2.17. The van der Waals surface area contributed by atoms with E-state index in [2.05, 4.69) is 17.1 Å². The van der Waals surface area contributed by atoms with Crippen LogP contribution in [-0.4, -0.2) is 34.6 Å². The SMILES string of the molecule is CCCCN(C)C(=O)c1cccc(-c2ccc(Oc3ccc(F)cc3)nn2)c1. The molecule has 3 aromatic rings. The Hall–Kier alpha value is -3.28. The number of hydrogen-bond acceptors (Lipinski definition) is 4. The van der Waals surface area contributed by atoms with Crippen molar-refractivity contribution in [3.05, 3.63) is 72.0 Å². The highest BCUT2D eigenvalue weighted by Crippen LogP contribution is 2.23. The molecule has 144 valence electrons. The molecule has 0 fully saturated rings. The van der Waals surface area contributed by atoms with Gasteiger partial charge in [-0.15, -0.1) is 10.2 Å². The topological polar surface area (TPSA) is 55.3 Å². The van der Waals surface area contributed by atoms with Crippen molar-refractivity contribution in [3.8, 4) is 22.9 Å². The Morgan fingerprint density at radius 3 is 2.54 bits per heavy atom. The molecular weight excluding hydrogens is 357 g/mol. The highest BCUT2D eigenvalue weighted by molar-refractivity contribution is 5.95. The molecule has 0 unspecified atom stereocenters. The number of rotatable bonds is 7. The summed E-state index contributed by atoms with van der Waals surface area (Å²) in [6.07, 6.45) is 2.02. The lowest BCUT2D eigenvalue weighted by atomic mass is 10.1. The molecule has 0 N–H and O–H groups in total. The Labute approximate surface area is 163 Å². The van der Waals surface area contributed by atoms with Crippen LogP contribution in [0.25, 0.3) is 11.3 Å². The van der Waals surface area contributed by atoms with E-state index < -0.39 is 0 Å². The van der Waals surface area contributed by atoms with Crippen LogP contribution in [0, 0.1) is 5.82 Å². The molecule has 3 rings (SSSR count). The highest BCUT2D eigenvalue weighted by atomic mass is 19.1. The van der Waals surface area contributed by atoms with E-state index in [-0.39, 0.29) is 11.7 Å². The van der Waals surface area contributed by atoms with Crippen LogP contribution in [0.4, 0.5) is 4.39 Å². The zero-order valence-electron chi connectivity index (χ0n) is 15.9. The lowest BCUT2D eigenvalue weighted by molar-refractivity contribution is 0.0793. The third-order valence-electron chi connectivity index (χ3n) is 4.28. The molecule has 1 aromatic heterocycles. The number of ether oxygens (including phenoxy) is 1. The Kier molecular flexibility index (Phi) is 6.32. The largest absolute Gasteiger partial charge is 0.438 e. The van der Waals surface area contributed by atoms with E-state index in [4.69, 9.17) is 4.74 Å². The predicted octanol–water partition coefficient (Wildman–Crippen LogP) is 4.95. The van der Waals surface area contributed by atoms with Crippen LogP contribution < -0.4 is 4.74 Å². The number of carbonyl (C=O) groups is 1. The maximum absolute atomic E-state index is 13.0. The summed E-state index contributed by atoms with van der Waals surface area (Å²) in [4.78, 5) is 14.3. The second-order valence-electron chi connectivity index (χ2n) is 6.47. The minimum Gasteiger partial charge on any atom is -0.438 e. The van der Waals surface area contributed by atoms with E-state index >= 15 is 0 Å². The molecule has 0 bridgehead atoms. The minimum atomic E-state index is -0.330. The van der Waals surface area contributed by atoms with Crippen molar-refractivity contribution in [1.82, 2.24) is 15.1 Å². The minimum absolute atomic E-state index is 0.0143. The molecule has 1 amide bonds. The fourth-order valence-electron chi connectivity index (χ4n) is 2.68. The fourth-order valence-corrected chi connectivity index (χ4v) is 2.68. The summed E-state index contributed by atoms with van der Waals surface area (Å²) in [5.74, 6) is 0.441. The van der Waals surface area contributed by atoms with Crippen LogP contribution in [0.3, 0.4) is 0 Å². The molecule has 2 aromatic carbocycles. The predicted molar refractivity (Wildman–Crippen MR) is 106 cm³/mol. The zero-order valence-corrected chi connectivity index (χ0v) is 15.9. The Bertz CT molecular complexity index is 927. The number of amides is 1. The molecule has 6 heteroatoms. The van der Waals surface area contributed by atoms with Gasteiger partial charge in [0.1, 0.15) is 11.6 Å². The monoisotopic (exact) mass is 379 g/mol. The second-order valence-corrected chi connectivity index (χ2v) is 6.47. The molecule has 5 nitrogen and oxygen atoms in total. The van der Waals surface area contributed by atoms with Crippen molar-refractivity contribution in [2.24, 2.45) is 0 Å². The van der Waals surface area contributed by atoms with E-state index in [0.717, 1.165) is 24.9 Å². The summed E-state index contributed by atoms with van der Waals surface area (Å²) in [5, 5.41) is 8.25. The van der Waals surface area contributed by atoms with E-state index in [1.54, 1.807) is 23.1 Å². The average molecular weight is 379 g/mol. The molecule has 0 radical (unpaired) electrons. The van der Waals surface area contributed by atoms with Crippen LogP contribution in [0.2, 0.25) is 0 Å². The van der Waals surface area contributed by atoms with Gasteiger partial charge < -0.3 is 9.64 Å².